The molecule has 0 aromatic carbocycles. The van der Waals surface area contributed by atoms with Crippen LogP contribution in [0.5, 0.6) is 0 Å². The molecule has 1 unspecified atom stereocenters. The normalized spacial score (nSPS) is 20.3. The molecule has 1 atom stereocenters. The number of thiophene rings is 1. The van der Waals surface area contributed by atoms with E-state index < -0.39 is 0 Å². The predicted molar refractivity (Wildman–Crippen MR) is 69.4 cm³/mol. The van der Waals surface area contributed by atoms with Gasteiger partial charge in [0.15, 0.2) is 0 Å². The monoisotopic (exact) mass is 270 g/mol. The van der Waals surface area contributed by atoms with Crippen LogP contribution >= 0.6 is 24.0 Å². The quantitative estimate of drug-likeness (QED) is 0.797. The molecule has 2 N–H and O–H groups in total. The van der Waals surface area contributed by atoms with Crippen LogP contribution in [0.2, 0.25) is 0 Å². The molecule has 2 amide bonds. The molecule has 1 aromatic heterocycles. The standard InChI is InChI=1S/C11H14N2O2S2/c12-10(14)7-2-1-3-13(5-7)11(15)9-4-8(16)6-17-9/h4,6-7,16H,1-3,5H2,(H2,12,14). The molecule has 1 fully saturated rings. The molecule has 2 rings (SSSR count). The Kier molecular flexibility index (Phi) is 3.73. The van der Waals surface area contributed by atoms with Gasteiger partial charge in [0.25, 0.3) is 5.91 Å². The fourth-order valence-corrected chi connectivity index (χ4v) is 3.10. The third-order valence-electron chi connectivity index (χ3n) is 2.91. The molecule has 0 spiro atoms. The van der Waals surface area contributed by atoms with Gasteiger partial charge in [-0.25, -0.2) is 0 Å². The van der Waals surface area contributed by atoms with E-state index in [9.17, 15) is 9.59 Å². The van der Waals surface area contributed by atoms with Crippen LogP contribution in [0.3, 0.4) is 0 Å². The molecule has 1 saturated heterocycles. The Labute approximate surface area is 109 Å². The van der Waals surface area contributed by atoms with Crippen LogP contribution in [-0.4, -0.2) is 29.8 Å². The lowest BCUT2D eigenvalue weighted by Crippen LogP contribution is -2.43. The van der Waals surface area contributed by atoms with E-state index in [0.29, 0.717) is 18.0 Å². The van der Waals surface area contributed by atoms with E-state index in [4.69, 9.17) is 5.73 Å². The number of likely N-dealkylation sites (tertiary alicyclic amines) is 1. The molecule has 0 saturated carbocycles. The Morgan fingerprint density at radius 2 is 2.29 bits per heavy atom. The number of thiol groups is 1. The minimum absolute atomic E-state index is 0.0266. The number of hydrogen-bond donors (Lipinski definition) is 2. The van der Waals surface area contributed by atoms with Crippen LogP contribution in [0.25, 0.3) is 0 Å². The summed E-state index contributed by atoms with van der Waals surface area (Å²) in [7, 11) is 0. The predicted octanol–water partition coefficient (Wildman–Crippen LogP) is 1.37. The van der Waals surface area contributed by atoms with Crippen molar-refractivity contribution >= 4 is 35.8 Å². The first-order valence-electron chi connectivity index (χ1n) is 5.44. The van der Waals surface area contributed by atoms with Crippen molar-refractivity contribution in [2.75, 3.05) is 13.1 Å². The lowest BCUT2D eigenvalue weighted by Gasteiger charge is -2.30. The van der Waals surface area contributed by atoms with Gasteiger partial charge < -0.3 is 10.6 Å². The van der Waals surface area contributed by atoms with Gasteiger partial charge in [-0.2, -0.15) is 0 Å². The maximum Gasteiger partial charge on any atom is 0.263 e. The highest BCUT2D eigenvalue weighted by atomic mass is 32.1. The van der Waals surface area contributed by atoms with Crippen LogP contribution < -0.4 is 5.73 Å². The molecule has 4 nitrogen and oxygen atoms in total. The average molecular weight is 270 g/mol. The third-order valence-corrected chi connectivity index (χ3v) is 4.26. The Hall–Kier alpha value is -1.01. The van der Waals surface area contributed by atoms with Gasteiger partial charge in [0.1, 0.15) is 0 Å². The Morgan fingerprint density at radius 1 is 1.53 bits per heavy atom. The van der Waals surface area contributed by atoms with Gasteiger partial charge in [-0.1, -0.05) is 0 Å². The van der Waals surface area contributed by atoms with E-state index in [1.807, 2.05) is 5.38 Å². The number of carbonyl (C=O) groups is 2. The summed E-state index contributed by atoms with van der Waals surface area (Å²) in [5.41, 5.74) is 5.29. The molecule has 2 heterocycles. The van der Waals surface area contributed by atoms with E-state index in [1.54, 1.807) is 11.0 Å². The fraction of sp³-hybridized carbons (Fsp3) is 0.455. The summed E-state index contributed by atoms with van der Waals surface area (Å²) in [5, 5.41) is 1.83. The molecule has 1 aliphatic rings. The SMILES string of the molecule is NC(=O)C1CCCN(C(=O)c2cc(S)cs2)C1. The van der Waals surface area contributed by atoms with E-state index in [0.717, 1.165) is 17.7 Å². The number of amides is 2. The smallest absolute Gasteiger partial charge is 0.263 e. The van der Waals surface area contributed by atoms with Crippen LogP contribution in [0, 0.1) is 5.92 Å². The first-order chi connectivity index (χ1) is 8.08. The van der Waals surface area contributed by atoms with E-state index >= 15 is 0 Å². The van der Waals surface area contributed by atoms with Crippen molar-refractivity contribution in [3.63, 3.8) is 0 Å². The highest BCUT2D eigenvalue weighted by Crippen LogP contribution is 2.23. The van der Waals surface area contributed by atoms with Crippen molar-refractivity contribution in [3.8, 4) is 0 Å². The van der Waals surface area contributed by atoms with Crippen LogP contribution in [0.1, 0.15) is 22.5 Å². The molecular formula is C11H14N2O2S2. The van der Waals surface area contributed by atoms with Crippen molar-refractivity contribution in [2.45, 2.75) is 17.7 Å². The number of nitrogens with two attached hydrogens (primary N) is 1. The maximum atomic E-state index is 12.1. The van der Waals surface area contributed by atoms with Crippen molar-refractivity contribution in [2.24, 2.45) is 11.7 Å². The summed E-state index contributed by atoms with van der Waals surface area (Å²) in [6.45, 7) is 1.14. The van der Waals surface area contributed by atoms with Crippen LogP contribution in [0.15, 0.2) is 16.3 Å². The molecule has 0 radical (unpaired) electrons. The van der Waals surface area contributed by atoms with Crippen molar-refractivity contribution < 1.29 is 9.59 Å². The average Bonchev–Trinajstić information content (AvgIpc) is 2.75. The molecule has 17 heavy (non-hydrogen) atoms. The van der Waals surface area contributed by atoms with Crippen LogP contribution in [-0.2, 0) is 4.79 Å². The minimum atomic E-state index is -0.316. The molecule has 1 aromatic rings. The Bertz CT molecular complexity index is 444. The molecule has 0 bridgehead atoms. The van der Waals surface area contributed by atoms with E-state index in [2.05, 4.69) is 12.6 Å². The third kappa shape index (κ3) is 2.81. The summed E-state index contributed by atoms with van der Waals surface area (Å²) >= 11 is 5.56. The highest BCUT2D eigenvalue weighted by molar-refractivity contribution is 7.80. The minimum Gasteiger partial charge on any atom is -0.369 e. The topological polar surface area (TPSA) is 63.4 Å². The summed E-state index contributed by atoms with van der Waals surface area (Å²) < 4.78 is 0. The van der Waals surface area contributed by atoms with Crippen molar-refractivity contribution in [3.05, 3.63) is 16.3 Å². The first kappa shape index (κ1) is 12.4. The van der Waals surface area contributed by atoms with Gasteiger partial charge >= 0.3 is 0 Å². The fourth-order valence-electron chi connectivity index (χ4n) is 1.99. The molecule has 6 heteroatoms. The Balaban J connectivity index is 2.07. The van der Waals surface area contributed by atoms with Gasteiger partial charge in [-0.3, -0.25) is 9.59 Å². The number of piperidine rings is 1. The summed E-state index contributed by atoms with van der Waals surface area (Å²) in [4.78, 5) is 26.4. The first-order valence-corrected chi connectivity index (χ1v) is 6.76. The zero-order chi connectivity index (χ0) is 12.4. The van der Waals surface area contributed by atoms with Crippen molar-refractivity contribution in [1.29, 1.82) is 0 Å². The number of carbonyl (C=O) groups excluding carboxylic acids is 2. The number of nitrogens with zero attached hydrogens (tertiary/aromatic N) is 1. The van der Waals surface area contributed by atoms with Crippen LogP contribution in [0.4, 0.5) is 0 Å². The summed E-state index contributed by atoms with van der Waals surface area (Å²) in [5.74, 6) is -0.548. The number of primary amides is 1. The van der Waals surface area contributed by atoms with E-state index in [-0.39, 0.29) is 17.7 Å². The zero-order valence-electron chi connectivity index (χ0n) is 9.26. The number of rotatable bonds is 2. The van der Waals surface area contributed by atoms with E-state index in [1.165, 1.54) is 11.3 Å². The van der Waals surface area contributed by atoms with Crippen molar-refractivity contribution in [1.82, 2.24) is 4.90 Å². The van der Waals surface area contributed by atoms with Gasteiger partial charge in [-0.15, -0.1) is 24.0 Å². The molecule has 1 aliphatic heterocycles. The van der Waals surface area contributed by atoms with Gasteiger partial charge in [0.2, 0.25) is 5.91 Å². The second kappa shape index (κ2) is 5.10. The van der Waals surface area contributed by atoms with Gasteiger partial charge in [0, 0.05) is 23.4 Å². The summed E-state index contributed by atoms with van der Waals surface area (Å²) in [6, 6.07) is 1.75. The Morgan fingerprint density at radius 3 is 2.88 bits per heavy atom. The zero-order valence-corrected chi connectivity index (χ0v) is 11.0. The highest BCUT2D eigenvalue weighted by Gasteiger charge is 2.27. The second-order valence-electron chi connectivity index (χ2n) is 4.16. The number of hydrogen-bond acceptors (Lipinski definition) is 4. The molecule has 0 aliphatic carbocycles. The molecular weight excluding hydrogens is 256 g/mol. The van der Waals surface area contributed by atoms with Gasteiger partial charge in [-0.05, 0) is 18.9 Å². The second-order valence-corrected chi connectivity index (χ2v) is 5.59. The largest absolute Gasteiger partial charge is 0.369 e. The van der Waals surface area contributed by atoms with Gasteiger partial charge in [0.05, 0.1) is 10.8 Å². The summed E-state index contributed by atoms with van der Waals surface area (Å²) in [6.07, 6.45) is 1.61. The lowest BCUT2D eigenvalue weighted by atomic mass is 9.97. The lowest BCUT2D eigenvalue weighted by molar-refractivity contribution is -0.123. The maximum absolute atomic E-state index is 12.1. The molecule has 92 valence electrons.